The predicted octanol–water partition coefficient (Wildman–Crippen LogP) is 4.67. The van der Waals surface area contributed by atoms with Gasteiger partial charge in [0, 0.05) is 25.2 Å². The summed E-state index contributed by atoms with van der Waals surface area (Å²) in [4.78, 5) is 7.10. The third kappa shape index (κ3) is 4.48. The smallest absolute Gasteiger partial charge is 0.152 e. The number of rotatable bonds is 8. The van der Waals surface area contributed by atoms with Crippen LogP contribution in [0.4, 0.5) is 0 Å². The number of aromatic nitrogens is 2. The quantitative estimate of drug-likeness (QED) is 0.630. The molecule has 0 amide bonds. The first-order valence-electron chi connectivity index (χ1n) is 10.3. The van der Waals surface area contributed by atoms with Gasteiger partial charge in [-0.15, -0.1) is 0 Å². The molecule has 2 atom stereocenters. The molecule has 1 fully saturated rings. The molecule has 2 aromatic rings. The average Bonchev–Trinajstić information content (AvgIpc) is 3.33. The molecule has 1 aliphatic heterocycles. The Bertz CT molecular complexity index is 891. The summed E-state index contributed by atoms with van der Waals surface area (Å²) in [6.45, 7) is 8.15. The van der Waals surface area contributed by atoms with E-state index in [9.17, 15) is 0 Å². The van der Waals surface area contributed by atoms with Crippen molar-refractivity contribution in [3.63, 3.8) is 0 Å². The van der Waals surface area contributed by atoms with Gasteiger partial charge in [-0.05, 0) is 24.6 Å². The Labute approximate surface area is 177 Å². The second kappa shape index (κ2) is 9.26. The first-order valence-corrected chi connectivity index (χ1v) is 10.7. The molecular weight excluding hydrogens is 386 g/mol. The SMILES string of the molecule is CCCn1c(-c2ccccc2)nc(Cl)c1CN(CC)CC1=CC2OCOC2C=C1. The number of hydrogen-bond acceptors (Lipinski definition) is 4. The molecule has 0 saturated carbocycles. The van der Waals surface area contributed by atoms with Gasteiger partial charge in [0.15, 0.2) is 5.15 Å². The zero-order valence-electron chi connectivity index (χ0n) is 17.1. The van der Waals surface area contributed by atoms with Gasteiger partial charge in [-0.1, -0.05) is 67.9 Å². The highest BCUT2D eigenvalue weighted by Gasteiger charge is 2.28. The molecule has 0 radical (unpaired) electrons. The summed E-state index contributed by atoms with van der Waals surface area (Å²) in [6.07, 6.45) is 7.55. The summed E-state index contributed by atoms with van der Waals surface area (Å²) in [5.41, 5.74) is 3.42. The van der Waals surface area contributed by atoms with Gasteiger partial charge in [0.2, 0.25) is 0 Å². The van der Waals surface area contributed by atoms with E-state index in [4.69, 9.17) is 26.1 Å². The lowest BCUT2D eigenvalue weighted by Gasteiger charge is -2.24. The van der Waals surface area contributed by atoms with Gasteiger partial charge >= 0.3 is 0 Å². The molecule has 29 heavy (non-hydrogen) atoms. The standard InChI is InChI=1S/C23H28ClN3O2/c1-3-12-27-19(22(24)25-23(27)18-8-6-5-7-9-18)15-26(4-2)14-17-10-11-20-21(13-17)29-16-28-20/h5-11,13,20-21H,3-4,12,14-16H2,1-2H3. The van der Waals surface area contributed by atoms with Crippen molar-refractivity contribution in [2.45, 2.75) is 45.6 Å². The van der Waals surface area contributed by atoms with Crippen LogP contribution in [0.5, 0.6) is 0 Å². The van der Waals surface area contributed by atoms with Gasteiger partial charge in [0.05, 0.1) is 5.69 Å². The van der Waals surface area contributed by atoms with E-state index in [0.29, 0.717) is 11.9 Å². The van der Waals surface area contributed by atoms with Crippen LogP contribution >= 0.6 is 11.6 Å². The Morgan fingerprint density at radius 1 is 1.14 bits per heavy atom. The lowest BCUT2D eigenvalue weighted by molar-refractivity contribution is 0.0503. The van der Waals surface area contributed by atoms with Crippen LogP contribution in [0.3, 0.4) is 0 Å². The molecule has 2 unspecified atom stereocenters. The number of hydrogen-bond donors (Lipinski definition) is 0. The van der Waals surface area contributed by atoms with E-state index >= 15 is 0 Å². The molecule has 0 bridgehead atoms. The van der Waals surface area contributed by atoms with Crippen LogP contribution < -0.4 is 0 Å². The van der Waals surface area contributed by atoms with Crippen LogP contribution in [0, 0.1) is 0 Å². The third-order valence-electron chi connectivity index (χ3n) is 5.45. The van der Waals surface area contributed by atoms with E-state index in [0.717, 1.165) is 49.7 Å². The van der Waals surface area contributed by atoms with Crippen molar-refractivity contribution in [3.8, 4) is 11.4 Å². The summed E-state index contributed by atoms with van der Waals surface area (Å²) < 4.78 is 13.5. The second-order valence-electron chi connectivity index (χ2n) is 7.47. The van der Waals surface area contributed by atoms with Gasteiger partial charge in [0.1, 0.15) is 24.8 Å². The van der Waals surface area contributed by atoms with Crippen molar-refractivity contribution in [2.75, 3.05) is 19.9 Å². The molecule has 2 heterocycles. The van der Waals surface area contributed by atoms with Gasteiger partial charge in [-0.2, -0.15) is 0 Å². The summed E-state index contributed by atoms with van der Waals surface area (Å²) >= 11 is 6.63. The molecular formula is C23H28ClN3O2. The highest BCUT2D eigenvalue weighted by Crippen LogP contribution is 2.28. The van der Waals surface area contributed by atoms with E-state index in [2.05, 4.69) is 53.7 Å². The molecule has 1 aromatic heterocycles. The van der Waals surface area contributed by atoms with Gasteiger partial charge in [-0.3, -0.25) is 4.90 Å². The van der Waals surface area contributed by atoms with Crippen molar-refractivity contribution in [1.82, 2.24) is 14.5 Å². The van der Waals surface area contributed by atoms with Crippen LogP contribution in [0.15, 0.2) is 54.1 Å². The van der Waals surface area contributed by atoms with Gasteiger partial charge in [0.25, 0.3) is 0 Å². The molecule has 1 aliphatic carbocycles. The minimum absolute atomic E-state index is 0.0348. The normalized spacial score (nSPS) is 20.9. The number of nitrogens with zero attached hydrogens (tertiary/aromatic N) is 3. The Balaban J connectivity index is 1.55. The van der Waals surface area contributed by atoms with Crippen molar-refractivity contribution in [1.29, 1.82) is 0 Å². The maximum absolute atomic E-state index is 6.63. The largest absolute Gasteiger partial charge is 0.345 e. The van der Waals surface area contributed by atoms with Crippen LogP contribution in [-0.4, -0.2) is 46.5 Å². The van der Waals surface area contributed by atoms with E-state index in [1.165, 1.54) is 5.57 Å². The Morgan fingerprint density at radius 2 is 1.93 bits per heavy atom. The van der Waals surface area contributed by atoms with Crippen molar-refractivity contribution < 1.29 is 9.47 Å². The number of fused-ring (bicyclic) bond motifs is 1. The van der Waals surface area contributed by atoms with E-state index in [-0.39, 0.29) is 12.2 Å². The fraction of sp³-hybridized carbons (Fsp3) is 0.435. The second-order valence-corrected chi connectivity index (χ2v) is 7.83. The number of halogens is 1. The Kier molecular flexibility index (Phi) is 6.50. The Morgan fingerprint density at radius 3 is 2.69 bits per heavy atom. The molecule has 4 rings (SSSR count). The minimum atomic E-state index is 0.0348. The zero-order chi connectivity index (χ0) is 20.2. The molecule has 0 N–H and O–H groups in total. The highest BCUT2D eigenvalue weighted by molar-refractivity contribution is 6.30. The lowest BCUT2D eigenvalue weighted by atomic mass is 10.0. The number of imidazole rings is 1. The summed E-state index contributed by atoms with van der Waals surface area (Å²) in [5.74, 6) is 0.944. The maximum atomic E-state index is 6.63. The monoisotopic (exact) mass is 413 g/mol. The van der Waals surface area contributed by atoms with Crippen LogP contribution in [0.2, 0.25) is 5.15 Å². The van der Waals surface area contributed by atoms with Crippen LogP contribution in [0.1, 0.15) is 26.0 Å². The van der Waals surface area contributed by atoms with E-state index in [1.807, 2.05) is 18.2 Å². The topological polar surface area (TPSA) is 39.5 Å². The summed E-state index contributed by atoms with van der Waals surface area (Å²) in [5, 5.41) is 0.594. The fourth-order valence-electron chi connectivity index (χ4n) is 3.91. The van der Waals surface area contributed by atoms with Crippen LogP contribution in [-0.2, 0) is 22.6 Å². The van der Waals surface area contributed by atoms with Gasteiger partial charge in [-0.25, -0.2) is 4.98 Å². The van der Waals surface area contributed by atoms with Crippen molar-refractivity contribution in [3.05, 3.63) is 65.0 Å². The molecule has 0 spiro atoms. The number of likely N-dealkylation sites (N-methyl/N-ethyl adjacent to an activating group) is 1. The lowest BCUT2D eigenvalue weighted by Crippen LogP contribution is -2.29. The predicted molar refractivity (Wildman–Crippen MR) is 116 cm³/mol. The molecule has 154 valence electrons. The summed E-state index contributed by atoms with van der Waals surface area (Å²) in [7, 11) is 0. The fourth-order valence-corrected chi connectivity index (χ4v) is 4.16. The molecule has 1 aromatic carbocycles. The molecule has 1 saturated heterocycles. The third-order valence-corrected chi connectivity index (χ3v) is 5.76. The molecule has 5 nitrogen and oxygen atoms in total. The first-order chi connectivity index (χ1) is 14.2. The minimum Gasteiger partial charge on any atom is -0.345 e. The number of benzene rings is 1. The average molecular weight is 414 g/mol. The molecule has 2 aliphatic rings. The van der Waals surface area contributed by atoms with Crippen molar-refractivity contribution >= 4 is 11.6 Å². The maximum Gasteiger partial charge on any atom is 0.152 e. The number of ether oxygens (including phenoxy) is 2. The molecule has 6 heteroatoms. The Hall–Kier alpha value is -1.92. The van der Waals surface area contributed by atoms with E-state index in [1.54, 1.807) is 0 Å². The summed E-state index contributed by atoms with van der Waals surface area (Å²) in [6, 6.07) is 10.3. The highest BCUT2D eigenvalue weighted by atomic mass is 35.5. The van der Waals surface area contributed by atoms with E-state index < -0.39 is 0 Å². The van der Waals surface area contributed by atoms with Crippen LogP contribution in [0.25, 0.3) is 11.4 Å². The first kappa shape index (κ1) is 20.4. The van der Waals surface area contributed by atoms with Crippen molar-refractivity contribution in [2.24, 2.45) is 0 Å². The zero-order valence-corrected chi connectivity index (χ0v) is 17.8. The van der Waals surface area contributed by atoms with Gasteiger partial charge < -0.3 is 14.0 Å².